The Kier molecular flexibility index (Phi) is 3.50. The number of hydrogen-bond donors (Lipinski definition) is 0. The van der Waals surface area contributed by atoms with Gasteiger partial charge in [-0.1, -0.05) is 22.9 Å². The zero-order valence-electron chi connectivity index (χ0n) is 7.77. The molecule has 0 aliphatic rings. The van der Waals surface area contributed by atoms with Crippen LogP contribution in [0.2, 0.25) is 5.15 Å². The number of nitrogens with zero attached hydrogens (tertiary/aromatic N) is 4. The molecule has 90 valence electrons. The Morgan fingerprint density at radius 3 is 2.65 bits per heavy atom. The molecular formula is C7H2ClF3N4S2. The molecule has 4 nitrogen and oxygen atoms in total. The quantitative estimate of drug-likeness (QED) is 0.797. The summed E-state index contributed by atoms with van der Waals surface area (Å²) in [5, 5.41) is 7.05. The van der Waals surface area contributed by atoms with Crippen LogP contribution >= 0.6 is 34.7 Å². The molecule has 0 aliphatic heterocycles. The second-order valence-electron chi connectivity index (χ2n) is 2.66. The van der Waals surface area contributed by atoms with Crippen molar-refractivity contribution >= 4 is 34.7 Å². The minimum atomic E-state index is -4.62. The van der Waals surface area contributed by atoms with Gasteiger partial charge in [0.15, 0.2) is 4.34 Å². The summed E-state index contributed by atoms with van der Waals surface area (Å²) in [7, 11) is 0. The Hall–Kier alpha value is -0.930. The van der Waals surface area contributed by atoms with Crippen LogP contribution in [0.25, 0.3) is 0 Å². The summed E-state index contributed by atoms with van der Waals surface area (Å²) in [5.41, 5.74) is 1.47. The van der Waals surface area contributed by atoms with Crippen molar-refractivity contribution in [1.82, 2.24) is 20.2 Å². The van der Waals surface area contributed by atoms with Crippen LogP contribution in [0.3, 0.4) is 0 Å². The van der Waals surface area contributed by atoms with Gasteiger partial charge in [0, 0.05) is 6.07 Å². The monoisotopic (exact) mass is 298 g/mol. The lowest BCUT2D eigenvalue weighted by molar-refractivity contribution is -0.145. The Balaban J connectivity index is 2.32. The molecule has 0 atom stereocenters. The molecule has 0 fully saturated rings. The number of halogens is 4. The van der Waals surface area contributed by atoms with Crippen LogP contribution in [-0.4, -0.2) is 20.2 Å². The van der Waals surface area contributed by atoms with Crippen molar-refractivity contribution in [3.05, 3.63) is 22.6 Å². The van der Waals surface area contributed by atoms with Gasteiger partial charge >= 0.3 is 6.18 Å². The van der Waals surface area contributed by atoms with Gasteiger partial charge in [0.05, 0.1) is 0 Å². The Labute approximate surface area is 106 Å². The summed E-state index contributed by atoms with van der Waals surface area (Å²) in [6, 6.07) is 1.24. The van der Waals surface area contributed by atoms with Crippen molar-refractivity contribution in [2.45, 2.75) is 15.5 Å². The van der Waals surface area contributed by atoms with Crippen molar-refractivity contribution in [2.75, 3.05) is 0 Å². The molecule has 2 aromatic heterocycles. The third-order valence-electron chi connectivity index (χ3n) is 1.46. The summed E-state index contributed by atoms with van der Waals surface area (Å²) >= 11 is 7.64. The lowest BCUT2D eigenvalue weighted by Gasteiger charge is -2.06. The van der Waals surface area contributed by atoms with Crippen LogP contribution in [0.15, 0.2) is 20.9 Å². The zero-order chi connectivity index (χ0) is 12.5. The van der Waals surface area contributed by atoms with E-state index < -0.39 is 12.0 Å². The van der Waals surface area contributed by atoms with Gasteiger partial charge in [-0.25, -0.2) is 9.97 Å². The lowest BCUT2D eigenvalue weighted by atomic mass is 10.5. The van der Waals surface area contributed by atoms with Gasteiger partial charge < -0.3 is 0 Å². The molecule has 0 aliphatic carbocycles. The van der Waals surface area contributed by atoms with Crippen molar-refractivity contribution < 1.29 is 13.2 Å². The van der Waals surface area contributed by atoms with Gasteiger partial charge in [-0.15, -0.1) is 10.2 Å². The molecule has 2 aromatic rings. The molecular weight excluding hydrogens is 297 g/mol. The van der Waals surface area contributed by atoms with Crippen molar-refractivity contribution in [3.63, 3.8) is 0 Å². The predicted octanol–water partition coefficient (Wildman–Crippen LogP) is 3.15. The van der Waals surface area contributed by atoms with Gasteiger partial charge in [0.25, 0.3) is 0 Å². The van der Waals surface area contributed by atoms with Crippen LogP contribution in [0.5, 0.6) is 0 Å². The fraction of sp³-hybridized carbons (Fsp3) is 0.143. The third-order valence-corrected chi connectivity index (χ3v) is 3.35. The van der Waals surface area contributed by atoms with E-state index in [1.807, 2.05) is 0 Å². The lowest BCUT2D eigenvalue weighted by Crippen LogP contribution is -2.11. The average molecular weight is 299 g/mol. The minimum absolute atomic E-state index is 0.0778. The van der Waals surface area contributed by atoms with E-state index in [0.29, 0.717) is 4.34 Å². The van der Waals surface area contributed by atoms with Gasteiger partial charge in [0.2, 0.25) is 5.82 Å². The van der Waals surface area contributed by atoms with E-state index in [9.17, 15) is 13.2 Å². The van der Waals surface area contributed by atoms with E-state index in [0.717, 1.165) is 11.8 Å². The number of aromatic nitrogens is 4. The first-order valence-corrected chi connectivity index (χ1v) is 6.08. The van der Waals surface area contributed by atoms with E-state index in [2.05, 4.69) is 20.2 Å². The van der Waals surface area contributed by atoms with Gasteiger partial charge in [-0.2, -0.15) is 13.2 Å². The highest BCUT2D eigenvalue weighted by Gasteiger charge is 2.35. The first kappa shape index (κ1) is 12.5. The van der Waals surface area contributed by atoms with E-state index in [4.69, 9.17) is 11.6 Å². The summed E-state index contributed by atoms with van der Waals surface area (Å²) in [6.45, 7) is 0. The Morgan fingerprint density at radius 1 is 1.29 bits per heavy atom. The molecule has 0 saturated carbocycles. The summed E-state index contributed by atoms with van der Waals surface area (Å²) in [5.74, 6) is -1.27. The van der Waals surface area contributed by atoms with Crippen LogP contribution < -0.4 is 0 Å². The Bertz CT molecular complexity index is 516. The molecule has 10 heteroatoms. The van der Waals surface area contributed by atoms with Crippen LogP contribution in [-0.2, 0) is 6.18 Å². The molecule has 2 heterocycles. The fourth-order valence-corrected chi connectivity index (χ4v) is 2.55. The first-order chi connectivity index (χ1) is 7.95. The van der Waals surface area contributed by atoms with E-state index >= 15 is 0 Å². The molecule has 0 amide bonds. The minimum Gasteiger partial charge on any atom is -0.217 e. The maximum atomic E-state index is 12.4. The summed E-state index contributed by atoms with van der Waals surface area (Å²) in [6.07, 6.45) is -4.62. The van der Waals surface area contributed by atoms with Crippen LogP contribution in [0, 0.1) is 0 Å². The maximum absolute atomic E-state index is 12.4. The van der Waals surface area contributed by atoms with Crippen LogP contribution in [0.1, 0.15) is 5.82 Å². The number of hydrogen-bond acceptors (Lipinski definition) is 6. The summed E-state index contributed by atoms with van der Waals surface area (Å²) < 4.78 is 37.7. The normalized spacial score (nSPS) is 11.8. The van der Waals surface area contributed by atoms with Gasteiger partial charge in [-0.3, -0.25) is 0 Å². The Morgan fingerprint density at radius 2 is 2.06 bits per heavy atom. The smallest absolute Gasteiger partial charge is 0.217 e. The molecule has 2 rings (SSSR count). The highest BCUT2D eigenvalue weighted by molar-refractivity contribution is 8.00. The predicted molar refractivity (Wildman–Crippen MR) is 56.1 cm³/mol. The highest BCUT2D eigenvalue weighted by atomic mass is 35.5. The fourth-order valence-electron chi connectivity index (χ4n) is 0.873. The second-order valence-corrected chi connectivity index (χ2v) is 5.14. The highest BCUT2D eigenvalue weighted by Crippen LogP contribution is 2.32. The van der Waals surface area contributed by atoms with Crippen molar-refractivity contribution in [2.24, 2.45) is 0 Å². The maximum Gasteiger partial charge on any atom is 0.451 e. The van der Waals surface area contributed by atoms with E-state index in [-0.39, 0.29) is 10.2 Å². The van der Waals surface area contributed by atoms with Crippen LogP contribution in [0.4, 0.5) is 13.2 Å². The average Bonchev–Trinajstić information content (AvgIpc) is 2.68. The van der Waals surface area contributed by atoms with E-state index in [1.54, 1.807) is 0 Å². The standard InChI is InChI=1S/C7H2ClF3N4S2/c8-3-1-4(17-6-15-12-2-16-6)14-5(13-3)7(9,10)11/h1-2H. The zero-order valence-corrected chi connectivity index (χ0v) is 10.2. The molecule has 17 heavy (non-hydrogen) atoms. The number of rotatable bonds is 2. The molecule has 0 unspecified atom stereocenters. The molecule has 0 bridgehead atoms. The first-order valence-electron chi connectivity index (χ1n) is 4.01. The topological polar surface area (TPSA) is 51.6 Å². The van der Waals surface area contributed by atoms with Crippen molar-refractivity contribution in [3.8, 4) is 0 Å². The molecule has 0 saturated heterocycles. The van der Waals surface area contributed by atoms with Gasteiger partial charge in [-0.05, 0) is 11.8 Å². The largest absolute Gasteiger partial charge is 0.451 e. The van der Waals surface area contributed by atoms with Crippen molar-refractivity contribution in [1.29, 1.82) is 0 Å². The second kappa shape index (κ2) is 4.75. The SMILES string of the molecule is FC(F)(F)c1nc(Cl)cc(Sc2nncs2)n1. The molecule has 0 radical (unpaired) electrons. The molecule has 0 spiro atoms. The molecule has 0 N–H and O–H groups in total. The van der Waals surface area contributed by atoms with Gasteiger partial charge in [0.1, 0.15) is 15.7 Å². The summed E-state index contributed by atoms with van der Waals surface area (Å²) in [4.78, 5) is 6.48. The third kappa shape index (κ3) is 3.27. The number of alkyl halides is 3. The molecule has 0 aromatic carbocycles. The van der Waals surface area contributed by atoms with E-state index in [1.165, 1.54) is 22.9 Å².